The van der Waals surface area contributed by atoms with Crippen LogP contribution >= 0.6 is 23.6 Å². The van der Waals surface area contributed by atoms with E-state index in [4.69, 9.17) is 17.0 Å². The van der Waals surface area contributed by atoms with Crippen LogP contribution in [0.25, 0.3) is 10.7 Å². The summed E-state index contributed by atoms with van der Waals surface area (Å²) in [5, 5.41) is 11.8. The summed E-state index contributed by atoms with van der Waals surface area (Å²) in [5.41, 5.74) is 0. The highest BCUT2D eigenvalue weighted by Gasteiger charge is 2.12. The van der Waals surface area contributed by atoms with Crippen molar-refractivity contribution >= 4 is 29.5 Å². The number of hydrogen-bond donors (Lipinski definition) is 2. The quantitative estimate of drug-likeness (QED) is 0.469. The Balaban J connectivity index is 1.46. The van der Waals surface area contributed by atoms with E-state index < -0.39 is 0 Å². The number of hydrogen-bond acceptors (Lipinski definition) is 5. The maximum absolute atomic E-state index is 12.2. The van der Waals surface area contributed by atoms with Gasteiger partial charge in [0, 0.05) is 6.54 Å². The van der Waals surface area contributed by atoms with Crippen molar-refractivity contribution in [3.63, 3.8) is 0 Å². The fraction of sp³-hybridized carbons (Fsp3) is 0.235. The van der Waals surface area contributed by atoms with E-state index in [0.29, 0.717) is 23.7 Å². The highest BCUT2D eigenvalue weighted by molar-refractivity contribution is 7.71. The lowest BCUT2D eigenvalue weighted by molar-refractivity contribution is -0.121. The molecule has 0 spiro atoms. The summed E-state index contributed by atoms with van der Waals surface area (Å²) in [6, 6.07) is 13.5. The molecule has 0 fully saturated rings. The molecule has 0 unspecified atom stereocenters. The number of benzene rings is 1. The Hall–Kier alpha value is -2.45. The predicted molar refractivity (Wildman–Crippen MR) is 100 cm³/mol. The molecule has 3 rings (SSSR count). The van der Waals surface area contributed by atoms with Gasteiger partial charge < -0.3 is 10.1 Å². The van der Waals surface area contributed by atoms with Gasteiger partial charge in [-0.25, -0.2) is 0 Å². The number of thiophene rings is 1. The number of para-hydroxylation sites is 1. The van der Waals surface area contributed by atoms with Crippen LogP contribution in [0.4, 0.5) is 0 Å². The first kappa shape index (κ1) is 17.4. The Morgan fingerprint density at radius 1 is 1.28 bits per heavy atom. The number of nitrogens with one attached hydrogen (secondary N) is 2. The van der Waals surface area contributed by atoms with E-state index >= 15 is 0 Å². The van der Waals surface area contributed by atoms with Crippen molar-refractivity contribution in [2.45, 2.75) is 13.0 Å². The lowest BCUT2D eigenvalue weighted by Crippen LogP contribution is -2.29. The number of H-pyrrole nitrogens is 1. The van der Waals surface area contributed by atoms with Crippen LogP contribution in [0.15, 0.2) is 47.8 Å². The Morgan fingerprint density at radius 2 is 2.12 bits per heavy atom. The van der Waals surface area contributed by atoms with Crippen LogP contribution in [-0.2, 0) is 11.3 Å². The normalized spacial score (nSPS) is 10.6. The summed E-state index contributed by atoms with van der Waals surface area (Å²) >= 11 is 6.78. The molecule has 2 aromatic heterocycles. The van der Waals surface area contributed by atoms with Crippen LogP contribution in [-0.4, -0.2) is 33.8 Å². The molecule has 8 heteroatoms. The molecule has 0 aliphatic heterocycles. The van der Waals surface area contributed by atoms with E-state index in [1.165, 1.54) is 0 Å². The molecule has 0 atom stereocenters. The SMILES string of the molecule is O=C(Cn1c(-c2cccs2)n[nH]c1=S)NCCCOc1ccccc1. The highest BCUT2D eigenvalue weighted by Crippen LogP contribution is 2.22. The second-order valence-corrected chi connectivity index (χ2v) is 6.62. The predicted octanol–water partition coefficient (Wildman–Crippen LogP) is 3.25. The second-order valence-electron chi connectivity index (χ2n) is 5.28. The number of rotatable bonds is 8. The van der Waals surface area contributed by atoms with Crippen LogP contribution in [0.3, 0.4) is 0 Å². The van der Waals surface area contributed by atoms with Crippen LogP contribution in [0.2, 0.25) is 0 Å². The van der Waals surface area contributed by atoms with Gasteiger partial charge in [-0.15, -0.1) is 11.3 Å². The van der Waals surface area contributed by atoms with E-state index in [-0.39, 0.29) is 12.5 Å². The fourth-order valence-corrected chi connectivity index (χ4v) is 3.18. The van der Waals surface area contributed by atoms with Gasteiger partial charge in [-0.05, 0) is 42.2 Å². The van der Waals surface area contributed by atoms with E-state index in [2.05, 4.69) is 15.5 Å². The number of aromatic nitrogens is 3. The molecule has 0 aliphatic rings. The molecule has 3 aromatic rings. The van der Waals surface area contributed by atoms with Crippen molar-refractivity contribution in [3.05, 3.63) is 52.6 Å². The molecule has 1 amide bonds. The molecule has 0 bridgehead atoms. The van der Waals surface area contributed by atoms with Gasteiger partial charge in [0.05, 0.1) is 11.5 Å². The average molecular weight is 374 g/mol. The molecule has 130 valence electrons. The Labute approximate surface area is 154 Å². The van der Waals surface area contributed by atoms with Crippen molar-refractivity contribution in [3.8, 4) is 16.5 Å². The van der Waals surface area contributed by atoms with Crippen LogP contribution in [0, 0.1) is 4.77 Å². The number of carbonyl (C=O) groups excluding carboxylic acids is 1. The van der Waals surface area contributed by atoms with Gasteiger partial charge in [0.25, 0.3) is 0 Å². The molecule has 2 N–H and O–H groups in total. The van der Waals surface area contributed by atoms with Gasteiger partial charge in [0.15, 0.2) is 10.6 Å². The summed E-state index contributed by atoms with van der Waals surface area (Å²) in [6.45, 7) is 1.24. The number of carbonyl (C=O) groups is 1. The van der Waals surface area contributed by atoms with Gasteiger partial charge >= 0.3 is 0 Å². The number of amides is 1. The summed E-state index contributed by atoms with van der Waals surface area (Å²) in [4.78, 5) is 13.1. The molecule has 2 heterocycles. The van der Waals surface area contributed by atoms with E-state index in [1.807, 2.05) is 47.8 Å². The van der Waals surface area contributed by atoms with Crippen molar-refractivity contribution < 1.29 is 9.53 Å². The van der Waals surface area contributed by atoms with Crippen molar-refractivity contribution in [2.24, 2.45) is 0 Å². The lowest BCUT2D eigenvalue weighted by atomic mass is 10.3. The summed E-state index contributed by atoms with van der Waals surface area (Å²) < 4.78 is 7.74. The average Bonchev–Trinajstić information content (AvgIpc) is 3.26. The number of ether oxygens (including phenoxy) is 1. The van der Waals surface area contributed by atoms with E-state index in [0.717, 1.165) is 17.0 Å². The maximum atomic E-state index is 12.2. The minimum absolute atomic E-state index is 0.102. The first-order valence-corrected chi connectivity index (χ1v) is 9.16. The standard InChI is InChI=1S/C17H18N4O2S2/c22-15(18-9-5-10-23-13-6-2-1-3-7-13)12-21-16(19-20-17(21)24)14-8-4-11-25-14/h1-4,6-8,11H,5,9-10,12H2,(H,18,22)(H,20,24). The smallest absolute Gasteiger partial charge is 0.240 e. The zero-order valence-electron chi connectivity index (χ0n) is 13.5. The lowest BCUT2D eigenvalue weighted by Gasteiger charge is -2.08. The van der Waals surface area contributed by atoms with Crippen LogP contribution < -0.4 is 10.1 Å². The Bertz CT molecular complexity index is 856. The summed E-state index contributed by atoms with van der Waals surface area (Å²) in [7, 11) is 0. The third-order valence-electron chi connectivity index (χ3n) is 3.46. The molecule has 6 nitrogen and oxygen atoms in total. The maximum Gasteiger partial charge on any atom is 0.240 e. The molecule has 1 aromatic carbocycles. The van der Waals surface area contributed by atoms with E-state index in [9.17, 15) is 4.79 Å². The largest absolute Gasteiger partial charge is 0.494 e. The van der Waals surface area contributed by atoms with Gasteiger partial charge in [-0.2, -0.15) is 5.10 Å². The Kier molecular flexibility index (Phi) is 5.97. The van der Waals surface area contributed by atoms with Gasteiger partial charge in [-0.3, -0.25) is 14.5 Å². The molecule has 0 saturated heterocycles. The van der Waals surface area contributed by atoms with Crippen LogP contribution in [0.1, 0.15) is 6.42 Å². The number of aromatic amines is 1. The van der Waals surface area contributed by atoms with Crippen LogP contribution in [0.5, 0.6) is 5.75 Å². The molecule has 25 heavy (non-hydrogen) atoms. The minimum atomic E-state index is -0.102. The fourth-order valence-electron chi connectivity index (χ4n) is 2.26. The molecule has 0 saturated carbocycles. The first-order chi connectivity index (χ1) is 12.2. The summed E-state index contributed by atoms with van der Waals surface area (Å²) in [6.07, 6.45) is 0.731. The second kappa shape index (κ2) is 8.59. The topological polar surface area (TPSA) is 71.9 Å². The highest BCUT2D eigenvalue weighted by atomic mass is 32.1. The molecule has 0 radical (unpaired) electrons. The molecule has 0 aliphatic carbocycles. The molecular weight excluding hydrogens is 356 g/mol. The van der Waals surface area contributed by atoms with Crippen molar-refractivity contribution in [1.29, 1.82) is 0 Å². The first-order valence-electron chi connectivity index (χ1n) is 7.87. The van der Waals surface area contributed by atoms with Gasteiger partial charge in [-0.1, -0.05) is 24.3 Å². The summed E-state index contributed by atoms with van der Waals surface area (Å²) in [5.74, 6) is 1.41. The Morgan fingerprint density at radius 3 is 2.88 bits per heavy atom. The third-order valence-corrected chi connectivity index (χ3v) is 4.63. The minimum Gasteiger partial charge on any atom is -0.494 e. The van der Waals surface area contributed by atoms with Crippen molar-refractivity contribution in [2.75, 3.05) is 13.2 Å². The number of nitrogens with zero attached hydrogens (tertiary/aromatic N) is 2. The van der Waals surface area contributed by atoms with Gasteiger partial charge in [0.1, 0.15) is 12.3 Å². The zero-order valence-corrected chi connectivity index (χ0v) is 15.1. The molecular formula is C17H18N4O2S2. The zero-order chi connectivity index (χ0) is 17.5. The van der Waals surface area contributed by atoms with E-state index in [1.54, 1.807) is 15.9 Å². The monoisotopic (exact) mass is 374 g/mol. The van der Waals surface area contributed by atoms with Crippen molar-refractivity contribution in [1.82, 2.24) is 20.1 Å². The van der Waals surface area contributed by atoms with Gasteiger partial charge in [0.2, 0.25) is 5.91 Å². The third kappa shape index (κ3) is 4.77.